The van der Waals surface area contributed by atoms with Gasteiger partial charge in [0.05, 0.1) is 50.6 Å². The van der Waals surface area contributed by atoms with Crippen LogP contribution >= 0.6 is 11.6 Å². The van der Waals surface area contributed by atoms with Crippen molar-refractivity contribution in [2.75, 3.05) is 26.9 Å². The number of hydrogen-bond acceptors (Lipinski definition) is 7. The second-order valence-corrected chi connectivity index (χ2v) is 9.03. The second kappa shape index (κ2) is 13.5. The highest BCUT2D eigenvalue weighted by Gasteiger charge is 2.33. The summed E-state index contributed by atoms with van der Waals surface area (Å²) in [6, 6.07) is 3.75. The van der Waals surface area contributed by atoms with E-state index in [-0.39, 0.29) is 49.7 Å². The topological polar surface area (TPSA) is 100.0 Å². The molecule has 1 aromatic carbocycles. The van der Waals surface area contributed by atoms with E-state index in [1.165, 1.54) is 21.7 Å². The summed E-state index contributed by atoms with van der Waals surface area (Å²) in [5.41, 5.74) is -0.278. The third kappa shape index (κ3) is 7.23. The zero-order valence-electron chi connectivity index (χ0n) is 22.2. The number of aromatic nitrogens is 2. The first kappa shape index (κ1) is 30.7. The van der Waals surface area contributed by atoms with Gasteiger partial charge in [0.25, 0.3) is 0 Å². The van der Waals surface area contributed by atoms with Crippen molar-refractivity contribution >= 4 is 29.6 Å². The number of carbonyl (C=O) groups is 3. The van der Waals surface area contributed by atoms with Crippen LogP contribution in [-0.2, 0) is 31.7 Å². The lowest BCUT2D eigenvalue weighted by molar-refractivity contribution is -0.143. The number of nitrogens with zero attached hydrogens (tertiary/aromatic N) is 3. The van der Waals surface area contributed by atoms with Crippen LogP contribution in [0.4, 0.5) is 18.0 Å². The molecule has 0 spiro atoms. The summed E-state index contributed by atoms with van der Waals surface area (Å²) < 4.78 is 56.5. The SMILES string of the molecule is CCOC(=O)CCN(Cc1c(C(=O)OCC)nn(C2CC=CC=C2Cl)c1-c1ccc(C(F)(F)F)cc1)C(=O)OC. The number of rotatable bonds is 10. The van der Waals surface area contributed by atoms with Gasteiger partial charge in [-0.2, -0.15) is 18.3 Å². The van der Waals surface area contributed by atoms with E-state index >= 15 is 0 Å². The molecule has 0 saturated heterocycles. The Bertz CT molecular complexity index is 1290. The van der Waals surface area contributed by atoms with Crippen molar-refractivity contribution in [3.63, 3.8) is 0 Å². The molecule has 3 rings (SSSR count). The first-order valence-electron chi connectivity index (χ1n) is 12.5. The van der Waals surface area contributed by atoms with E-state index in [2.05, 4.69) is 5.10 Å². The van der Waals surface area contributed by atoms with Crippen LogP contribution in [0.1, 0.15) is 54.3 Å². The van der Waals surface area contributed by atoms with Crippen molar-refractivity contribution in [1.29, 1.82) is 0 Å². The van der Waals surface area contributed by atoms with Crippen LogP contribution in [0.5, 0.6) is 0 Å². The van der Waals surface area contributed by atoms with Gasteiger partial charge in [0.15, 0.2) is 5.69 Å². The summed E-state index contributed by atoms with van der Waals surface area (Å²) in [6.45, 7) is 3.03. The molecule has 0 N–H and O–H groups in total. The first-order valence-corrected chi connectivity index (χ1v) is 12.9. The fourth-order valence-electron chi connectivity index (χ4n) is 4.15. The summed E-state index contributed by atoms with van der Waals surface area (Å²) in [4.78, 5) is 38.9. The Morgan fingerprint density at radius 3 is 2.38 bits per heavy atom. The van der Waals surface area contributed by atoms with Gasteiger partial charge < -0.3 is 19.1 Å². The minimum absolute atomic E-state index is 0.0249. The average molecular weight is 584 g/mol. The van der Waals surface area contributed by atoms with Crippen LogP contribution in [0.2, 0.25) is 0 Å². The normalized spacial score (nSPS) is 14.9. The highest BCUT2D eigenvalue weighted by atomic mass is 35.5. The number of carbonyl (C=O) groups excluding carboxylic acids is 3. The Morgan fingerprint density at radius 2 is 1.80 bits per heavy atom. The standard InChI is InChI=1S/C27H29ClF3N3O6/c1-4-39-22(35)14-15-33(26(37)38-3)16-19-23(25(36)40-5-2)32-34(21-9-7-6-8-20(21)28)24(19)17-10-12-18(13-11-17)27(29,30)31/h6-8,10-13,21H,4-5,9,14-16H2,1-3H3. The summed E-state index contributed by atoms with van der Waals surface area (Å²) in [5.74, 6) is -1.35. The number of esters is 2. The summed E-state index contributed by atoms with van der Waals surface area (Å²) >= 11 is 6.51. The van der Waals surface area contributed by atoms with Crippen LogP contribution in [0.3, 0.4) is 0 Å². The van der Waals surface area contributed by atoms with Crippen molar-refractivity contribution < 1.29 is 41.8 Å². The van der Waals surface area contributed by atoms with Gasteiger partial charge in [-0.15, -0.1) is 0 Å². The number of amides is 1. The second-order valence-electron chi connectivity index (χ2n) is 8.59. The summed E-state index contributed by atoms with van der Waals surface area (Å²) in [7, 11) is 1.16. The molecule has 0 fully saturated rings. The number of hydrogen-bond donors (Lipinski definition) is 0. The van der Waals surface area contributed by atoms with Crippen LogP contribution in [0.15, 0.2) is 47.5 Å². The third-order valence-electron chi connectivity index (χ3n) is 6.00. The van der Waals surface area contributed by atoms with Crippen LogP contribution in [0, 0.1) is 0 Å². The molecule has 0 aliphatic heterocycles. The smallest absolute Gasteiger partial charge is 0.416 e. The number of halogens is 4. The lowest BCUT2D eigenvalue weighted by Crippen LogP contribution is -2.33. The molecule has 9 nitrogen and oxygen atoms in total. The Hall–Kier alpha value is -3.80. The van der Waals surface area contributed by atoms with Gasteiger partial charge in [-0.1, -0.05) is 35.9 Å². The maximum Gasteiger partial charge on any atom is 0.416 e. The van der Waals surface area contributed by atoms with Crippen LogP contribution in [-0.4, -0.2) is 59.6 Å². The zero-order valence-corrected chi connectivity index (χ0v) is 22.9. The molecule has 13 heteroatoms. The fraction of sp³-hybridized carbons (Fsp3) is 0.407. The van der Waals surface area contributed by atoms with Gasteiger partial charge in [0, 0.05) is 22.7 Å². The molecule has 1 heterocycles. The molecular weight excluding hydrogens is 555 g/mol. The summed E-state index contributed by atoms with van der Waals surface area (Å²) in [5, 5.41) is 4.89. The molecule has 0 saturated carbocycles. The van der Waals surface area contributed by atoms with E-state index < -0.39 is 35.8 Å². The van der Waals surface area contributed by atoms with Gasteiger partial charge in [-0.25, -0.2) is 9.59 Å². The minimum atomic E-state index is -4.56. The predicted molar refractivity (Wildman–Crippen MR) is 139 cm³/mol. The van der Waals surface area contributed by atoms with E-state index in [1.54, 1.807) is 26.0 Å². The molecule has 216 valence electrons. The molecule has 1 aromatic heterocycles. The molecule has 2 aromatic rings. The highest BCUT2D eigenvalue weighted by molar-refractivity contribution is 6.30. The van der Waals surface area contributed by atoms with Crippen molar-refractivity contribution in [3.8, 4) is 11.3 Å². The first-order chi connectivity index (χ1) is 19.0. The average Bonchev–Trinajstić information content (AvgIpc) is 3.29. The predicted octanol–water partition coefficient (Wildman–Crippen LogP) is 5.89. The minimum Gasteiger partial charge on any atom is -0.466 e. The molecule has 1 aliphatic rings. The molecule has 1 atom stereocenters. The highest BCUT2D eigenvalue weighted by Crippen LogP contribution is 2.38. The van der Waals surface area contributed by atoms with Gasteiger partial charge in [0.1, 0.15) is 0 Å². The molecule has 1 amide bonds. The van der Waals surface area contributed by atoms with Gasteiger partial charge in [-0.05, 0) is 38.5 Å². The zero-order chi connectivity index (χ0) is 29.4. The fourth-order valence-corrected chi connectivity index (χ4v) is 4.41. The third-order valence-corrected chi connectivity index (χ3v) is 6.38. The van der Waals surface area contributed by atoms with E-state index in [9.17, 15) is 27.6 Å². The quantitative estimate of drug-likeness (QED) is 0.254. The number of ether oxygens (including phenoxy) is 3. The maximum atomic E-state index is 13.3. The number of benzene rings is 1. The van der Waals surface area contributed by atoms with Crippen molar-refractivity contribution in [2.24, 2.45) is 0 Å². The number of alkyl halides is 3. The maximum absolute atomic E-state index is 13.3. The van der Waals surface area contributed by atoms with Crippen molar-refractivity contribution in [1.82, 2.24) is 14.7 Å². The largest absolute Gasteiger partial charge is 0.466 e. The van der Waals surface area contributed by atoms with E-state index in [1.807, 2.05) is 6.08 Å². The Kier molecular flexibility index (Phi) is 10.4. The van der Waals surface area contributed by atoms with Crippen molar-refractivity contribution in [3.05, 3.63) is 64.3 Å². The molecule has 40 heavy (non-hydrogen) atoms. The number of methoxy groups -OCH3 is 1. The van der Waals surface area contributed by atoms with E-state index in [4.69, 9.17) is 25.8 Å². The summed E-state index contributed by atoms with van der Waals surface area (Å²) in [6.07, 6.45) is 0.0908. The van der Waals surface area contributed by atoms with Crippen LogP contribution < -0.4 is 0 Å². The van der Waals surface area contributed by atoms with Crippen LogP contribution in [0.25, 0.3) is 11.3 Å². The monoisotopic (exact) mass is 583 g/mol. The number of allylic oxidation sites excluding steroid dienone is 4. The molecule has 1 aliphatic carbocycles. The van der Waals surface area contributed by atoms with Gasteiger partial charge in [-0.3, -0.25) is 9.48 Å². The van der Waals surface area contributed by atoms with Gasteiger partial charge >= 0.3 is 24.2 Å². The Morgan fingerprint density at radius 1 is 1.12 bits per heavy atom. The molecular formula is C27H29ClF3N3O6. The Labute approximate surface area is 234 Å². The lowest BCUT2D eigenvalue weighted by atomic mass is 10.0. The Balaban J connectivity index is 2.21. The molecule has 0 bridgehead atoms. The molecule has 0 radical (unpaired) electrons. The van der Waals surface area contributed by atoms with Gasteiger partial charge in [0.2, 0.25) is 0 Å². The van der Waals surface area contributed by atoms with E-state index in [0.717, 1.165) is 19.2 Å². The van der Waals surface area contributed by atoms with E-state index in [0.29, 0.717) is 17.0 Å². The lowest BCUT2D eigenvalue weighted by Gasteiger charge is -2.23. The van der Waals surface area contributed by atoms with Crippen molar-refractivity contribution in [2.45, 2.75) is 45.5 Å². The molecule has 1 unspecified atom stereocenters.